The molecule has 0 radical (unpaired) electrons. The van der Waals surface area contributed by atoms with Gasteiger partial charge >= 0.3 is 5.97 Å². The number of halogens is 1. The number of anilines is 2. The Morgan fingerprint density at radius 2 is 1.80 bits per heavy atom. The summed E-state index contributed by atoms with van der Waals surface area (Å²) in [5.41, 5.74) is 2.69. The van der Waals surface area contributed by atoms with Crippen molar-refractivity contribution in [3.05, 3.63) is 88.8 Å². The van der Waals surface area contributed by atoms with Gasteiger partial charge in [-0.15, -0.1) is 11.3 Å². The zero-order valence-corrected chi connectivity index (χ0v) is 17.5. The summed E-state index contributed by atoms with van der Waals surface area (Å²) in [5, 5.41) is 6.51. The van der Waals surface area contributed by atoms with Crippen LogP contribution in [0.5, 0.6) is 11.5 Å². The minimum Gasteiger partial charge on any atom is -0.497 e. The zero-order valence-electron chi connectivity index (χ0n) is 16.0. The normalized spacial score (nSPS) is 10.5. The summed E-state index contributed by atoms with van der Waals surface area (Å²) in [5.74, 6) is 0.620. The van der Waals surface area contributed by atoms with E-state index < -0.39 is 5.97 Å². The van der Waals surface area contributed by atoms with Crippen LogP contribution in [0.2, 0.25) is 5.02 Å². The van der Waals surface area contributed by atoms with Crippen LogP contribution in [0, 0.1) is 0 Å². The van der Waals surface area contributed by atoms with E-state index in [0.717, 1.165) is 5.69 Å². The highest BCUT2D eigenvalue weighted by Gasteiger charge is 2.16. The molecule has 1 heterocycles. The Labute approximate surface area is 182 Å². The molecule has 4 rings (SSSR count). The number of hydrogen-bond donors (Lipinski definition) is 1. The van der Waals surface area contributed by atoms with E-state index in [0.29, 0.717) is 38.5 Å². The van der Waals surface area contributed by atoms with Crippen molar-refractivity contribution in [1.29, 1.82) is 0 Å². The van der Waals surface area contributed by atoms with Crippen LogP contribution in [0.3, 0.4) is 0 Å². The molecule has 0 unspecified atom stereocenters. The Bertz CT molecular complexity index is 1160. The molecular weight excluding hydrogens is 420 g/mol. The number of carbonyl (C=O) groups excluding carboxylic acids is 1. The van der Waals surface area contributed by atoms with E-state index in [-0.39, 0.29) is 0 Å². The number of ether oxygens (including phenoxy) is 2. The average molecular weight is 437 g/mol. The van der Waals surface area contributed by atoms with Crippen LogP contribution in [-0.4, -0.2) is 18.1 Å². The summed E-state index contributed by atoms with van der Waals surface area (Å²) in [4.78, 5) is 17.2. The van der Waals surface area contributed by atoms with Crippen molar-refractivity contribution in [2.24, 2.45) is 0 Å². The van der Waals surface area contributed by atoms with Gasteiger partial charge in [-0.05, 0) is 54.6 Å². The van der Waals surface area contributed by atoms with E-state index in [9.17, 15) is 4.79 Å². The third kappa shape index (κ3) is 4.62. The predicted octanol–water partition coefficient (Wildman–Crippen LogP) is 6.43. The molecule has 1 N–H and O–H groups in total. The minimum atomic E-state index is -0.434. The number of esters is 1. The van der Waals surface area contributed by atoms with Gasteiger partial charge in [0.05, 0.1) is 18.4 Å². The number of thiazole rings is 1. The topological polar surface area (TPSA) is 60.5 Å². The second-order valence-electron chi connectivity index (χ2n) is 6.29. The van der Waals surface area contributed by atoms with Crippen LogP contribution in [0.15, 0.2) is 78.2 Å². The molecule has 0 saturated carbocycles. The first-order valence-corrected chi connectivity index (χ1v) is 10.3. The van der Waals surface area contributed by atoms with Crippen LogP contribution in [0.25, 0.3) is 11.3 Å². The second-order valence-corrected chi connectivity index (χ2v) is 7.58. The maximum Gasteiger partial charge on any atom is 0.343 e. The molecule has 0 amide bonds. The molecule has 0 spiro atoms. The van der Waals surface area contributed by atoms with Crippen molar-refractivity contribution in [1.82, 2.24) is 4.98 Å². The smallest absolute Gasteiger partial charge is 0.343 e. The van der Waals surface area contributed by atoms with Gasteiger partial charge in [-0.3, -0.25) is 0 Å². The SMILES string of the molecule is COc1ccc(OC(=O)c2ccccc2)c(-c2csc(Nc3ccc(Cl)cc3)n2)c1. The summed E-state index contributed by atoms with van der Waals surface area (Å²) in [6.07, 6.45) is 0. The van der Waals surface area contributed by atoms with Gasteiger partial charge in [-0.2, -0.15) is 0 Å². The maximum atomic E-state index is 12.5. The molecule has 30 heavy (non-hydrogen) atoms. The molecule has 0 aliphatic rings. The minimum absolute atomic E-state index is 0.410. The van der Waals surface area contributed by atoms with E-state index in [1.165, 1.54) is 11.3 Å². The molecular formula is C23H17ClN2O3S. The van der Waals surface area contributed by atoms with E-state index in [4.69, 9.17) is 21.1 Å². The number of aromatic nitrogens is 1. The molecule has 0 bridgehead atoms. The van der Waals surface area contributed by atoms with Gasteiger partial charge in [-0.25, -0.2) is 9.78 Å². The van der Waals surface area contributed by atoms with Crippen LogP contribution >= 0.6 is 22.9 Å². The average Bonchev–Trinajstić information content (AvgIpc) is 3.24. The molecule has 150 valence electrons. The van der Waals surface area contributed by atoms with Gasteiger partial charge in [-0.1, -0.05) is 29.8 Å². The Morgan fingerprint density at radius 3 is 2.53 bits per heavy atom. The lowest BCUT2D eigenvalue weighted by molar-refractivity contribution is 0.0735. The summed E-state index contributed by atoms with van der Waals surface area (Å²) < 4.78 is 11.0. The number of benzene rings is 3. The van der Waals surface area contributed by atoms with Crippen molar-refractivity contribution < 1.29 is 14.3 Å². The summed E-state index contributed by atoms with van der Waals surface area (Å²) >= 11 is 7.38. The van der Waals surface area contributed by atoms with E-state index >= 15 is 0 Å². The highest BCUT2D eigenvalue weighted by Crippen LogP contribution is 2.36. The fraction of sp³-hybridized carbons (Fsp3) is 0.0435. The Hall–Kier alpha value is -3.35. The molecule has 1 aromatic heterocycles. The Morgan fingerprint density at radius 1 is 1.03 bits per heavy atom. The van der Waals surface area contributed by atoms with Crippen molar-refractivity contribution in [3.63, 3.8) is 0 Å². The maximum absolute atomic E-state index is 12.5. The second kappa shape index (κ2) is 8.98. The molecule has 0 atom stereocenters. The predicted molar refractivity (Wildman–Crippen MR) is 120 cm³/mol. The molecule has 0 saturated heterocycles. The van der Waals surface area contributed by atoms with Crippen LogP contribution in [0.4, 0.5) is 10.8 Å². The number of nitrogens with zero attached hydrogens (tertiary/aromatic N) is 1. The van der Waals surface area contributed by atoms with Crippen LogP contribution < -0.4 is 14.8 Å². The zero-order chi connectivity index (χ0) is 20.9. The van der Waals surface area contributed by atoms with Gasteiger partial charge < -0.3 is 14.8 Å². The molecule has 5 nitrogen and oxygen atoms in total. The third-order valence-corrected chi connectivity index (χ3v) is 5.28. The highest BCUT2D eigenvalue weighted by atomic mass is 35.5. The Kier molecular flexibility index (Phi) is 5.97. The van der Waals surface area contributed by atoms with Gasteiger partial charge in [0, 0.05) is 21.7 Å². The standard InChI is InChI=1S/C23H17ClN2O3S/c1-28-18-11-12-21(29-22(27)15-5-3-2-4-6-15)19(13-18)20-14-30-23(26-20)25-17-9-7-16(24)8-10-17/h2-14H,1H3,(H,25,26). The van der Waals surface area contributed by atoms with Gasteiger partial charge in [0.25, 0.3) is 0 Å². The summed E-state index contributed by atoms with van der Waals surface area (Å²) in [6.45, 7) is 0. The van der Waals surface area contributed by atoms with E-state index in [2.05, 4.69) is 10.3 Å². The lowest BCUT2D eigenvalue weighted by Crippen LogP contribution is -2.09. The first-order chi connectivity index (χ1) is 14.6. The molecule has 0 fully saturated rings. The third-order valence-electron chi connectivity index (χ3n) is 4.27. The number of methoxy groups -OCH3 is 1. The Balaban J connectivity index is 1.62. The van der Waals surface area contributed by atoms with Crippen LogP contribution in [0.1, 0.15) is 10.4 Å². The largest absolute Gasteiger partial charge is 0.497 e. The molecule has 3 aromatic carbocycles. The molecule has 0 aliphatic heterocycles. The molecule has 7 heteroatoms. The number of nitrogens with one attached hydrogen (secondary N) is 1. The first-order valence-electron chi connectivity index (χ1n) is 9.06. The highest BCUT2D eigenvalue weighted by molar-refractivity contribution is 7.14. The lowest BCUT2D eigenvalue weighted by Gasteiger charge is -2.10. The summed E-state index contributed by atoms with van der Waals surface area (Å²) in [6, 6.07) is 21.5. The number of carbonyl (C=O) groups is 1. The number of hydrogen-bond acceptors (Lipinski definition) is 6. The van der Waals surface area contributed by atoms with Gasteiger partial charge in [0.15, 0.2) is 5.13 Å². The lowest BCUT2D eigenvalue weighted by atomic mass is 10.1. The molecule has 4 aromatic rings. The van der Waals surface area contributed by atoms with Crippen molar-refractivity contribution in [2.75, 3.05) is 12.4 Å². The van der Waals surface area contributed by atoms with Gasteiger partial charge in [0.2, 0.25) is 0 Å². The van der Waals surface area contributed by atoms with Crippen molar-refractivity contribution in [3.8, 4) is 22.8 Å². The fourth-order valence-corrected chi connectivity index (χ4v) is 3.63. The quantitative estimate of drug-likeness (QED) is 0.278. The number of rotatable bonds is 6. The molecule has 0 aliphatic carbocycles. The monoisotopic (exact) mass is 436 g/mol. The first kappa shape index (κ1) is 19.9. The van der Waals surface area contributed by atoms with E-state index in [1.807, 2.05) is 35.7 Å². The summed E-state index contributed by atoms with van der Waals surface area (Å²) in [7, 11) is 1.59. The van der Waals surface area contributed by atoms with Crippen LogP contribution in [-0.2, 0) is 0 Å². The van der Waals surface area contributed by atoms with Gasteiger partial charge in [0.1, 0.15) is 11.5 Å². The van der Waals surface area contributed by atoms with Crippen molar-refractivity contribution >= 4 is 39.7 Å². The fourth-order valence-electron chi connectivity index (χ4n) is 2.77. The van der Waals surface area contributed by atoms with E-state index in [1.54, 1.807) is 49.6 Å². The van der Waals surface area contributed by atoms with Crippen molar-refractivity contribution in [2.45, 2.75) is 0 Å².